The Bertz CT molecular complexity index is 179. The molecule has 60 valence electrons. The molecule has 1 saturated carbocycles. The van der Waals surface area contributed by atoms with E-state index in [1.54, 1.807) is 0 Å². The van der Waals surface area contributed by atoms with E-state index in [1.807, 2.05) is 0 Å². The van der Waals surface area contributed by atoms with Crippen LogP contribution < -0.4 is 10.6 Å². The minimum atomic E-state index is -0.0947. The highest BCUT2D eigenvalue weighted by Gasteiger charge is 2.22. The Morgan fingerprint density at radius 2 is 2.36 bits per heavy atom. The summed E-state index contributed by atoms with van der Waals surface area (Å²) in [4.78, 5) is 10.9. The van der Waals surface area contributed by atoms with Crippen molar-refractivity contribution in [2.75, 3.05) is 6.54 Å². The van der Waals surface area contributed by atoms with Crippen LogP contribution in [0.15, 0.2) is 0 Å². The summed E-state index contributed by atoms with van der Waals surface area (Å²) in [6.07, 6.45) is 7.83. The fraction of sp³-hybridized carbons (Fsp3) is 0.625. The molecule has 2 amide bonds. The van der Waals surface area contributed by atoms with Gasteiger partial charge in [0.05, 0.1) is 0 Å². The molecule has 11 heavy (non-hydrogen) atoms. The molecule has 0 aliphatic heterocycles. The van der Waals surface area contributed by atoms with E-state index >= 15 is 0 Å². The van der Waals surface area contributed by atoms with Crippen molar-refractivity contribution >= 4 is 6.03 Å². The summed E-state index contributed by atoms with van der Waals surface area (Å²) in [5.74, 6) is 2.45. The molecule has 0 unspecified atom stereocenters. The van der Waals surface area contributed by atoms with E-state index in [0.717, 1.165) is 12.8 Å². The van der Waals surface area contributed by atoms with E-state index in [9.17, 15) is 4.79 Å². The van der Waals surface area contributed by atoms with Crippen LogP contribution in [0, 0.1) is 12.3 Å². The number of amides is 2. The van der Waals surface area contributed by atoms with E-state index < -0.39 is 0 Å². The molecule has 2 N–H and O–H groups in total. The van der Waals surface area contributed by atoms with Gasteiger partial charge in [0.2, 0.25) is 0 Å². The molecule has 0 bridgehead atoms. The second-order valence-electron chi connectivity index (χ2n) is 2.63. The zero-order chi connectivity index (χ0) is 8.10. The Morgan fingerprint density at radius 3 is 2.91 bits per heavy atom. The fourth-order valence-electron chi connectivity index (χ4n) is 0.712. The lowest BCUT2D eigenvalue weighted by molar-refractivity contribution is 0.240. The number of hydrogen-bond donors (Lipinski definition) is 2. The molecule has 3 nitrogen and oxygen atoms in total. The molecule has 0 heterocycles. The van der Waals surface area contributed by atoms with Gasteiger partial charge >= 0.3 is 6.03 Å². The summed E-state index contributed by atoms with van der Waals surface area (Å²) >= 11 is 0. The van der Waals surface area contributed by atoms with Crippen LogP contribution >= 0.6 is 0 Å². The van der Waals surface area contributed by atoms with E-state index in [4.69, 9.17) is 6.42 Å². The smallest absolute Gasteiger partial charge is 0.315 e. The molecule has 0 aromatic carbocycles. The topological polar surface area (TPSA) is 41.1 Å². The first-order chi connectivity index (χ1) is 5.33. The highest BCUT2D eigenvalue weighted by atomic mass is 16.2. The van der Waals surface area contributed by atoms with Gasteiger partial charge in [-0.2, -0.15) is 0 Å². The van der Waals surface area contributed by atoms with Crippen molar-refractivity contribution < 1.29 is 4.79 Å². The molecule has 1 rings (SSSR count). The third-order valence-corrected chi connectivity index (χ3v) is 1.47. The van der Waals surface area contributed by atoms with Crippen molar-refractivity contribution in [2.45, 2.75) is 25.3 Å². The largest absolute Gasteiger partial charge is 0.337 e. The van der Waals surface area contributed by atoms with Gasteiger partial charge in [-0.3, -0.25) is 0 Å². The van der Waals surface area contributed by atoms with Gasteiger partial charge < -0.3 is 10.6 Å². The van der Waals surface area contributed by atoms with Gasteiger partial charge in [0, 0.05) is 19.0 Å². The predicted molar refractivity (Wildman–Crippen MR) is 43.0 cm³/mol. The minimum Gasteiger partial charge on any atom is -0.337 e. The molecule has 0 spiro atoms. The lowest BCUT2D eigenvalue weighted by atomic mass is 10.4. The van der Waals surface area contributed by atoms with Crippen LogP contribution in [0.4, 0.5) is 4.79 Å². The lowest BCUT2D eigenvalue weighted by Gasteiger charge is -2.03. The Hall–Kier alpha value is -1.17. The molecule has 0 atom stereocenters. The molecule has 0 aromatic heterocycles. The highest BCUT2D eigenvalue weighted by Crippen LogP contribution is 2.17. The van der Waals surface area contributed by atoms with Crippen LogP contribution in [0.5, 0.6) is 0 Å². The average Bonchev–Trinajstić information content (AvgIpc) is 2.72. The first kappa shape index (κ1) is 7.93. The second kappa shape index (κ2) is 3.87. The van der Waals surface area contributed by atoms with Gasteiger partial charge in [-0.1, -0.05) is 0 Å². The average molecular weight is 152 g/mol. The van der Waals surface area contributed by atoms with Gasteiger partial charge in [-0.05, 0) is 12.8 Å². The van der Waals surface area contributed by atoms with Gasteiger partial charge in [-0.15, -0.1) is 12.3 Å². The monoisotopic (exact) mass is 152 g/mol. The Kier molecular flexibility index (Phi) is 2.79. The summed E-state index contributed by atoms with van der Waals surface area (Å²) in [5.41, 5.74) is 0. The molecule has 0 saturated heterocycles. The molecule has 1 aliphatic carbocycles. The number of nitrogens with one attached hydrogen (secondary N) is 2. The number of carbonyl (C=O) groups excluding carboxylic acids is 1. The summed E-state index contributed by atoms with van der Waals surface area (Å²) in [6.45, 7) is 0.565. The van der Waals surface area contributed by atoms with Crippen molar-refractivity contribution in [2.24, 2.45) is 0 Å². The maximum Gasteiger partial charge on any atom is 0.315 e. The molecule has 0 radical (unpaired) electrons. The number of hydrogen-bond acceptors (Lipinski definition) is 1. The molecule has 0 aromatic rings. The van der Waals surface area contributed by atoms with Crippen molar-refractivity contribution in [3.8, 4) is 12.3 Å². The van der Waals surface area contributed by atoms with E-state index in [-0.39, 0.29) is 6.03 Å². The van der Waals surface area contributed by atoms with Crippen LogP contribution in [0.25, 0.3) is 0 Å². The Morgan fingerprint density at radius 1 is 1.64 bits per heavy atom. The van der Waals surface area contributed by atoms with Gasteiger partial charge in [0.1, 0.15) is 0 Å². The first-order valence-corrected chi connectivity index (χ1v) is 3.81. The Labute approximate surface area is 66.5 Å². The van der Waals surface area contributed by atoms with E-state index in [2.05, 4.69) is 16.6 Å². The molecular weight excluding hydrogens is 140 g/mol. The van der Waals surface area contributed by atoms with E-state index in [0.29, 0.717) is 19.0 Å². The van der Waals surface area contributed by atoms with Crippen molar-refractivity contribution in [3.63, 3.8) is 0 Å². The number of terminal acetylenes is 1. The number of urea groups is 1. The predicted octanol–water partition coefficient (Wildman–Crippen LogP) is 0.471. The number of rotatable bonds is 3. The zero-order valence-corrected chi connectivity index (χ0v) is 6.39. The summed E-state index contributed by atoms with van der Waals surface area (Å²) < 4.78 is 0. The third kappa shape index (κ3) is 3.51. The number of carbonyl (C=O) groups is 1. The van der Waals surface area contributed by atoms with Crippen LogP contribution in [0.2, 0.25) is 0 Å². The van der Waals surface area contributed by atoms with Gasteiger partial charge in [0.15, 0.2) is 0 Å². The van der Waals surface area contributed by atoms with Crippen LogP contribution in [0.3, 0.4) is 0 Å². The molecule has 1 aliphatic rings. The van der Waals surface area contributed by atoms with Crippen LogP contribution in [-0.2, 0) is 0 Å². The van der Waals surface area contributed by atoms with Crippen molar-refractivity contribution in [1.29, 1.82) is 0 Å². The maximum absolute atomic E-state index is 10.9. The van der Waals surface area contributed by atoms with Gasteiger partial charge in [0.25, 0.3) is 0 Å². The van der Waals surface area contributed by atoms with Gasteiger partial charge in [-0.25, -0.2) is 4.79 Å². The lowest BCUT2D eigenvalue weighted by Crippen LogP contribution is -2.37. The normalized spacial score (nSPS) is 15.2. The SMILES string of the molecule is C#CCCNC(=O)NC1CC1. The summed E-state index contributed by atoms with van der Waals surface area (Å²) in [5, 5.41) is 5.46. The highest BCUT2D eigenvalue weighted by molar-refractivity contribution is 5.74. The van der Waals surface area contributed by atoms with Crippen LogP contribution in [-0.4, -0.2) is 18.6 Å². The quantitative estimate of drug-likeness (QED) is 0.448. The first-order valence-electron chi connectivity index (χ1n) is 3.81. The van der Waals surface area contributed by atoms with Crippen LogP contribution in [0.1, 0.15) is 19.3 Å². The van der Waals surface area contributed by atoms with Crippen molar-refractivity contribution in [3.05, 3.63) is 0 Å². The third-order valence-electron chi connectivity index (χ3n) is 1.47. The fourth-order valence-corrected chi connectivity index (χ4v) is 0.712. The maximum atomic E-state index is 10.9. The Balaban J connectivity index is 1.97. The molecule has 3 heteroatoms. The van der Waals surface area contributed by atoms with Crippen molar-refractivity contribution in [1.82, 2.24) is 10.6 Å². The molecule has 1 fully saturated rings. The summed E-state index contributed by atoms with van der Waals surface area (Å²) in [6, 6.07) is 0.323. The minimum absolute atomic E-state index is 0.0947. The molecular formula is C8H12N2O. The zero-order valence-electron chi connectivity index (χ0n) is 6.39. The standard InChI is InChI=1S/C8H12N2O/c1-2-3-6-9-8(11)10-7-4-5-7/h1,7H,3-6H2,(H2,9,10,11). The van der Waals surface area contributed by atoms with E-state index in [1.165, 1.54) is 0 Å². The second-order valence-corrected chi connectivity index (χ2v) is 2.63. The summed E-state index contributed by atoms with van der Waals surface area (Å²) in [7, 11) is 0.